The predicted molar refractivity (Wildman–Crippen MR) is 183 cm³/mol. The molecule has 0 saturated carbocycles. The number of nitrogens with one attached hydrogen (secondary N) is 2. The van der Waals surface area contributed by atoms with Crippen LogP contribution in [-0.4, -0.2) is 47.7 Å². The minimum atomic E-state index is -0.740. The van der Waals surface area contributed by atoms with Crippen LogP contribution < -0.4 is 29.7 Å². The van der Waals surface area contributed by atoms with Gasteiger partial charge in [-0.2, -0.15) is 0 Å². The number of carbonyl (C=O) groups is 4. The highest BCUT2D eigenvalue weighted by atomic mass is 32.2. The molecule has 4 aromatic carbocycles. The quantitative estimate of drug-likeness (QED) is 0.166. The summed E-state index contributed by atoms with van der Waals surface area (Å²) in [6.45, 7) is 4.99. The number of hydrogen-bond acceptors (Lipinski definition) is 9. The van der Waals surface area contributed by atoms with Crippen LogP contribution in [0.3, 0.4) is 0 Å². The molecule has 11 nitrogen and oxygen atoms in total. The largest absolute Gasteiger partial charge is 0.484 e. The molecule has 0 spiro atoms. The third-order valence-electron chi connectivity index (χ3n) is 6.79. The number of carbonyl (C=O) groups excluding carboxylic acids is 4. The molecule has 4 amide bonds. The van der Waals surface area contributed by atoms with E-state index in [2.05, 4.69) is 10.6 Å². The Morgan fingerprint density at radius 2 is 1.40 bits per heavy atom. The van der Waals surface area contributed by atoms with Crippen molar-refractivity contribution in [3.8, 4) is 28.7 Å². The molecule has 1 unspecified atom stereocenters. The van der Waals surface area contributed by atoms with Crippen LogP contribution in [0.15, 0.2) is 97.1 Å². The van der Waals surface area contributed by atoms with E-state index in [0.29, 0.717) is 46.5 Å². The maximum absolute atomic E-state index is 13.0. The van der Waals surface area contributed by atoms with Gasteiger partial charge in [0.15, 0.2) is 6.61 Å². The Kier molecular flexibility index (Phi) is 10.5. The first-order valence-corrected chi connectivity index (χ1v) is 15.9. The van der Waals surface area contributed by atoms with Crippen LogP contribution in [0, 0.1) is 0 Å². The number of nitrogens with zero attached hydrogens (tertiary/aromatic N) is 1. The molecule has 1 atom stereocenters. The first kappa shape index (κ1) is 33.9. The Morgan fingerprint density at radius 3 is 2.00 bits per heavy atom. The first-order valence-electron chi connectivity index (χ1n) is 15.1. The van der Waals surface area contributed by atoms with E-state index in [4.69, 9.17) is 18.9 Å². The van der Waals surface area contributed by atoms with Crippen molar-refractivity contribution < 1.29 is 38.1 Å². The number of para-hydroxylation sites is 1. The molecule has 0 aliphatic carbocycles. The molecule has 0 radical (unpaired) electrons. The summed E-state index contributed by atoms with van der Waals surface area (Å²) in [5.41, 5.74) is 0.793. The number of hydrogen-bond donors (Lipinski definition) is 2. The van der Waals surface area contributed by atoms with Crippen LogP contribution >= 0.6 is 11.8 Å². The summed E-state index contributed by atoms with van der Waals surface area (Å²) in [5, 5.41) is 4.26. The minimum Gasteiger partial charge on any atom is -0.484 e. The zero-order valence-electron chi connectivity index (χ0n) is 26.9. The summed E-state index contributed by atoms with van der Waals surface area (Å²) in [6.07, 6.45) is -0.225. The van der Waals surface area contributed by atoms with Gasteiger partial charge in [0.1, 0.15) is 34.3 Å². The third-order valence-corrected chi connectivity index (χ3v) is 7.77. The molecule has 1 saturated heterocycles. The smallest absolute Gasteiger partial charge is 0.414 e. The van der Waals surface area contributed by atoms with E-state index in [-0.39, 0.29) is 17.8 Å². The summed E-state index contributed by atoms with van der Waals surface area (Å²) in [5.74, 6) is 2.00. The standard InChI is InChI=1S/C36H35N3O8S/c1-36(2,3)47-35(43)39(4)30-21-28(46-27-16-14-26(15-17-27)45-25-8-6-5-7-9-25)18-19-29(30)37-32(40)22-44-24-12-10-23(11-13-24)20-31-33(41)38-34(42)48-31/h5-19,21,31H,20,22H2,1-4H3,(H,37,40)(H,38,41,42). The van der Waals surface area contributed by atoms with Crippen LogP contribution in [0.5, 0.6) is 28.7 Å². The van der Waals surface area contributed by atoms with Crippen LogP contribution in [0.2, 0.25) is 0 Å². The van der Waals surface area contributed by atoms with Crippen molar-refractivity contribution in [3.05, 3.63) is 103 Å². The van der Waals surface area contributed by atoms with Gasteiger partial charge in [0.25, 0.3) is 11.1 Å². The molecular weight excluding hydrogens is 634 g/mol. The molecule has 4 aromatic rings. The molecule has 0 aromatic heterocycles. The lowest BCUT2D eigenvalue weighted by Gasteiger charge is -2.26. The Hall–Kier alpha value is -5.49. The van der Waals surface area contributed by atoms with E-state index in [1.807, 2.05) is 30.3 Å². The molecule has 1 heterocycles. The normalized spacial score (nSPS) is 14.1. The van der Waals surface area contributed by atoms with Gasteiger partial charge in [-0.25, -0.2) is 4.79 Å². The number of rotatable bonds is 11. The molecule has 0 bridgehead atoms. The van der Waals surface area contributed by atoms with E-state index in [0.717, 1.165) is 17.3 Å². The number of thioether (sulfide) groups is 1. The van der Waals surface area contributed by atoms with Crippen molar-refractivity contribution in [2.24, 2.45) is 0 Å². The van der Waals surface area contributed by atoms with Crippen molar-refractivity contribution in [2.75, 3.05) is 23.9 Å². The van der Waals surface area contributed by atoms with Crippen molar-refractivity contribution >= 4 is 46.3 Å². The fourth-order valence-corrected chi connectivity index (χ4v) is 5.38. The SMILES string of the molecule is CN(C(=O)OC(C)(C)C)c1cc(Oc2ccc(Oc3ccccc3)cc2)ccc1NC(=O)COc1ccc(CC2SC(=O)NC2=O)cc1. The van der Waals surface area contributed by atoms with Gasteiger partial charge < -0.3 is 24.3 Å². The lowest BCUT2D eigenvalue weighted by molar-refractivity contribution is -0.119. The maximum atomic E-state index is 13.0. The van der Waals surface area contributed by atoms with Gasteiger partial charge in [0.05, 0.1) is 16.6 Å². The van der Waals surface area contributed by atoms with Crippen molar-refractivity contribution in [1.29, 1.82) is 0 Å². The molecule has 48 heavy (non-hydrogen) atoms. The van der Waals surface area contributed by atoms with E-state index in [1.165, 1.54) is 4.90 Å². The number of anilines is 2. The van der Waals surface area contributed by atoms with Crippen molar-refractivity contribution in [3.63, 3.8) is 0 Å². The second-order valence-corrected chi connectivity index (χ2v) is 13.0. The summed E-state index contributed by atoms with van der Waals surface area (Å²) in [4.78, 5) is 50.5. The van der Waals surface area contributed by atoms with Gasteiger partial charge in [-0.3, -0.25) is 24.6 Å². The van der Waals surface area contributed by atoms with Gasteiger partial charge in [-0.05, 0) is 93.4 Å². The average molecular weight is 670 g/mol. The van der Waals surface area contributed by atoms with Crippen LogP contribution in [0.4, 0.5) is 21.0 Å². The van der Waals surface area contributed by atoms with Gasteiger partial charge in [-0.15, -0.1) is 0 Å². The summed E-state index contributed by atoms with van der Waals surface area (Å²) < 4.78 is 23.2. The Bertz CT molecular complexity index is 1770. The maximum Gasteiger partial charge on any atom is 0.414 e. The molecule has 2 N–H and O–H groups in total. The van der Waals surface area contributed by atoms with Crippen LogP contribution in [-0.2, 0) is 20.7 Å². The Balaban J connectivity index is 1.24. The second-order valence-electron chi connectivity index (χ2n) is 11.8. The molecular formula is C36H35N3O8S. The highest BCUT2D eigenvalue weighted by Gasteiger charge is 2.31. The predicted octanol–water partition coefficient (Wildman–Crippen LogP) is 7.55. The molecule has 1 fully saturated rings. The van der Waals surface area contributed by atoms with E-state index < -0.39 is 22.9 Å². The zero-order chi connectivity index (χ0) is 34.3. The summed E-state index contributed by atoms with van der Waals surface area (Å²) >= 11 is 0.968. The highest BCUT2D eigenvalue weighted by Crippen LogP contribution is 2.34. The topological polar surface area (TPSA) is 132 Å². The third kappa shape index (κ3) is 9.52. The lowest BCUT2D eigenvalue weighted by Crippen LogP contribution is -2.34. The molecule has 12 heteroatoms. The molecule has 1 aliphatic heterocycles. The van der Waals surface area contributed by atoms with Gasteiger partial charge in [0.2, 0.25) is 5.91 Å². The zero-order valence-corrected chi connectivity index (χ0v) is 27.7. The second kappa shape index (κ2) is 14.9. The number of ether oxygens (including phenoxy) is 4. The summed E-state index contributed by atoms with van der Waals surface area (Å²) in [7, 11) is 1.54. The Morgan fingerprint density at radius 1 is 0.812 bits per heavy atom. The molecule has 5 rings (SSSR count). The van der Waals surface area contributed by atoms with Crippen LogP contribution in [0.1, 0.15) is 26.3 Å². The molecule has 248 valence electrons. The fraction of sp³-hybridized carbons (Fsp3) is 0.222. The minimum absolute atomic E-state index is 0.304. The fourth-order valence-electron chi connectivity index (χ4n) is 4.52. The average Bonchev–Trinajstić information content (AvgIpc) is 3.37. The van der Waals surface area contributed by atoms with Gasteiger partial charge in [-0.1, -0.05) is 42.1 Å². The van der Waals surface area contributed by atoms with Crippen LogP contribution in [0.25, 0.3) is 0 Å². The first-order chi connectivity index (χ1) is 22.9. The Labute approximate surface area is 282 Å². The highest BCUT2D eigenvalue weighted by molar-refractivity contribution is 8.15. The number of amides is 4. The van der Waals surface area contributed by atoms with E-state index in [1.54, 1.807) is 94.5 Å². The van der Waals surface area contributed by atoms with Crippen molar-refractivity contribution in [2.45, 2.75) is 38.0 Å². The lowest BCUT2D eigenvalue weighted by atomic mass is 10.1. The van der Waals surface area contributed by atoms with E-state index in [9.17, 15) is 19.2 Å². The number of imide groups is 1. The number of benzene rings is 4. The summed E-state index contributed by atoms with van der Waals surface area (Å²) in [6, 6.07) is 28.4. The molecule has 1 aliphatic rings. The van der Waals surface area contributed by atoms with Gasteiger partial charge >= 0.3 is 6.09 Å². The monoisotopic (exact) mass is 669 g/mol. The van der Waals surface area contributed by atoms with Crippen molar-refractivity contribution in [1.82, 2.24) is 5.32 Å². The van der Waals surface area contributed by atoms with E-state index >= 15 is 0 Å². The van der Waals surface area contributed by atoms with Gasteiger partial charge in [0, 0.05) is 13.1 Å².